The summed E-state index contributed by atoms with van der Waals surface area (Å²) in [5.41, 5.74) is 1.01. The van der Waals surface area contributed by atoms with Crippen molar-refractivity contribution >= 4 is 40.1 Å². The topological polar surface area (TPSA) is 133 Å². The van der Waals surface area contributed by atoms with Crippen LogP contribution in [-0.4, -0.2) is 60.2 Å². The number of hydrogen-bond acceptors (Lipinski definition) is 8. The largest absolute Gasteiger partial charge is 0.494 e. The van der Waals surface area contributed by atoms with Crippen LogP contribution >= 0.6 is 11.6 Å². The number of nitrogens with zero attached hydrogens (tertiary/aromatic N) is 6. The zero-order valence-electron chi connectivity index (χ0n) is 21.1. The summed E-state index contributed by atoms with van der Waals surface area (Å²) in [6.07, 6.45) is 4.60. The first-order chi connectivity index (χ1) is 17.6. The Balaban J connectivity index is 2.14. The maximum absolute atomic E-state index is 13.5. The van der Waals surface area contributed by atoms with Gasteiger partial charge in [-0.25, -0.2) is 18.4 Å². The third kappa shape index (κ3) is 6.15. The highest BCUT2D eigenvalue weighted by molar-refractivity contribution is 7.93. The summed E-state index contributed by atoms with van der Waals surface area (Å²) in [6.45, 7) is 8.38. The van der Waals surface area contributed by atoms with Gasteiger partial charge in [-0.05, 0) is 44.8 Å². The van der Waals surface area contributed by atoms with Gasteiger partial charge >= 0.3 is 0 Å². The third-order valence-electron chi connectivity index (χ3n) is 5.58. The number of methoxy groups -OCH3 is 2. The first kappa shape index (κ1) is 27.8. The molecule has 196 valence electrons. The van der Waals surface area contributed by atoms with E-state index in [0.29, 0.717) is 33.6 Å². The number of halogens is 1. The fourth-order valence-corrected chi connectivity index (χ4v) is 4.73. The van der Waals surface area contributed by atoms with Gasteiger partial charge in [0, 0.05) is 35.1 Å². The van der Waals surface area contributed by atoms with E-state index in [-0.39, 0.29) is 11.8 Å². The molecule has 3 aromatic rings. The number of hydrogen-bond donors (Lipinski definition) is 1. The van der Waals surface area contributed by atoms with Crippen LogP contribution in [0.4, 0.5) is 5.95 Å². The molecule has 0 saturated carbocycles. The predicted octanol–water partition coefficient (Wildman–Crippen LogP) is 4.31. The molecule has 1 aromatic carbocycles. The van der Waals surface area contributed by atoms with Crippen molar-refractivity contribution < 1.29 is 17.9 Å². The van der Waals surface area contributed by atoms with Crippen LogP contribution < -0.4 is 14.2 Å². The number of allylic oxidation sites excluding steroid dienone is 1. The number of ether oxygens (including phenoxy) is 2. The number of para-hydroxylation sites is 1. The van der Waals surface area contributed by atoms with E-state index in [1.54, 1.807) is 56.6 Å². The highest BCUT2D eigenvalue weighted by atomic mass is 35.5. The molecule has 2 atom stereocenters. The molecule has 0 spiro atoms. The van der Waals surface area contributed by atoms with Gasteiger partial charge in [-0.3, -0.25) is 14.3 Å². The molecular weight excluding hydrogens is 518 g/mol. The molecule has 0 radical (unpaired) electrons. The fourth-order valence-electron chi connectivity index (χ4n) is 3.45. The summed E-state index contributed by atoms with van der Waals surface area (Å²) >= 11 is 5.86. The summed E-state index contributed by atoms with van der Waals surface area (Å²) in [5.74, 6) is 0.688. The fraction of sp³-hybridized carbons (Fsp3) is 0.292. The maximum atomic E-state index is 13.5. The number of aliphatic imine (C=N–C) groups is 2. The van der Waals surface area contributed by atoms with Crippen LogP contribution in [0.1, 0.15) is 20.8 Å². The van der Waals surface area contributed by atoms with Crippen molar-refractivity contribution in [3.63, 3.8) is 0 Å². The lowest BCUT2D eigenvalue weighted by Crippen LogP contribution is -2.35. The molecule has 0 aliphatic carbocycles. The third-order valence-corrected chi connectivity index (χ3v) is 7.53. The van der Waals surface area contributed by atoms with Gasteiger partial charge in [0.05, 0.1) is 19.5 Å². The Morgan fingerprint density at radius 3 is 2.38 bits per heavy atom. The van der Waals surface area contributed by atoms with Crippen molar-refractivity contribution in [2.24, 2.45) is 15.9 Å². The quantitative estimate of drug-likeness (QED) is 0.296. The minimum atomic E-state index is -4.04. The van der Waals surface area contributed by atoms with Crippen molar-refractivity contribution in [3.8, 4) is 28.6 Å². The van der Waals surface area contributed by atoms with Crippen LogP contribution in [-0.2, 0) is 10.0 Å². The van der Waals surface area contributed by atoms with Gasteiger partial charge in [0.1, 0.15) is 23.0 Å². The van der Waals surface area contributed by atoms with E-state index >= 15 is 0 Å². The number of aromatic nitrogens is 4. The first-order valence-corrected chi connectivity index (χ1v) is 13.0. The monoisotopic (exact) mass is 545 g/mol. The first-order valence-electron chi connectivity index (χ1n) is 11.1. The molecule has 11 nitrogen and oxygen atoms in total. The highest BCUT2D eigenvalue weighted by Gasteiger charge is 2.32. The normalized spacial score (nSPS) is 14.1. The summed E-state index contributed by atoms with van der Waals surface area (Å²) < 4.78 is 42.2. The van der Waals surface area contributed by atoms with Crippen LogP contribution in [0.2, 0.25) is 0 Å². The van der Waals surface area contributed by atoms with Gasteiger partial charge < -0.3 is 9.47 Å². The maximum Gasteiger partial charge on any atom is 0.243 e. The van der Waals surface area contributed by atoms with Crippen LogP contribution in [0.25, 0.3) is 17.1 Å². The zero-order chi connectivity index (χ0) is 27.2. The predicted molar refractivity (Wildman–Crippen MR) is 145 cm³/mol. The second-order valence-electron chi connectivity index (χ2n) is 7.94. The van der Waals surface area contributed by atoms with E-state index in [0.717, 1.165) is 0 Å². The number of pyridine rings is 1. The molecule has 1 N–H and O–H groups in total. The molecule has 0 saturated heterocycles. The van der Waals surface area contributed by atoms with Crippen LogP contribution in [0.15, 0.2) is 63.9 Å². The molecule has 0 bridgehead atoms. The van der Waals surface area contributed by atoms with Crippen LogP contribution in [0.3, 0.4) is 0 Å². The number of anilines is 1. The average molecular weight is 546 g/mol. The van der Waals surface area contributed by atoms with E-state index in [2.05, 4.69) is 36.6 Å². The number of nitrogens with one attached hydrogen (secondary N) is 1. The van der Waals surface area contributed by atoms with Gasteiger partial charge in [-0.15, -0.1) is 10.2 Å². The highest BCUT2D eigenvalue weighted by Crippen LogP contribution is 2.37. The number of rotatable bonds is 10. The molecule has 3 rings (SSSR count). The van der Waals surface area contributed by atoms with E-state index < -0.39 is 21.2 Å². The Labute approximate surface area is 221 Å². The van der Waals surface area contributed by atoms with Gasteiger partial charge in [-0.2, -0.15) is 0 Å². The SMILES string of the molecule is C=NC(=N/C=C(\C)Cl)[C@@H](C)[C@H](C)S(=O)(=O)Nc1nnc(-c2cccnc2)n1-c1c(OC)cccc1OC. The van der Waals surface area contributed by atoms with Crippen molar-refractivity contribution in [3.05, 3.63) is 54.0 Å². The van der Waals surface area contributed by atoms with Crippen molar-refractivity contribution in [1.29, 1.82) is 0 Å². The Kier molecular flexibility index (Phi) is 9.00. The van der Waals surface area contributed by atoms with Crippen molar-refractivity contribution in [2.75, 3.05) is 18.9 Å². The molecule has 2 aromatic heterocycles. The lowest BCUT2D eigenvalue weighted by Gasteiger charge is -2.21. The standard InChI is InChI=1S/C24H28ClN7O4S/c1-15(25)13-28-22(26-4)16(2)17(3)37(33,34)31-24-30-29-23(18-9-8-12-27-14-18)32(24)21-19(35-5)10-7-11-20(21)36-6/h7-14,16-17H,4H2,1-3,5-6H3,(H,30,31)/b15-13+,28-22?/t16-,17-/m0/s1. The molecule has 0 fully saturated rings. The van der Waals surface area contributed by atoms with E-state index in [4.69, 9.17) is 21.1 Å². The summed E-state index contributed by atoms with van der Waals surface area (Å²) in [7, 11) is -1.04. The minimum Gasteiger partial charge on any atom is -0.494 e. The van der Waals surface area contributed by atoms with Gasteiger partial charge in [-0.1, -0.05) is 24.6 Å². The molecule has 0 aliphatic heterocycles. The van der Waals surface area contributed by atoms with Gasteiger partial charge in [0.15, 0.2) is 5.82 Å². The molecule has 2 heterocycles. The lowest BCUT2D eigenvalue weighted by atomic mass is 10.1. The van der Waals surface area contributed by atoms with Gasteiger partial charge in [0.2, 0.25) is 16.0 Å². The van der Waals surface area contributed by atoms with E-state index in [9.17, 15) is 8.42 Å². The Morgan fingerprint density at radius 1 is 1.16 bits per heavy atom. The Morgan fingerprint density at radius 2 is 1.84 bits per heavy atom. The number of benzene rings is 1. The molecule has 37 heavy (non-hydrogen) atoms. The molecular formula is C24H28ClN7O4S. The zero-order valence-corrected chi connectivity index (χ0v) is 22.7. The average Bonchev–Trinajstić information content (AvgIpc) is 3.30. The van der Waals surface area contributed by atoms with E-state index in [1.807, 2.05) is 0 Å². The summed E-state index contributed by atoms with van der Waals surface area (Å²) in [6, 6.07) is 8.71. The minimum absolute atomic E-state index is 0.0674. The summed E-state index contributed by atoms with van der Waals surface area (Å²) in [4.78, 5) is 12.2. The molecule has 13 heteroatoms. The Bertz CT molecular complexity index is 1400. The summed E-state index contributed by atoms with van der Waals surface area (Å²) in [5, 5.41) is 7.87. The van der Waals surface area contributed by atoms with Gasteiger partial charge in [0.25, 0.3) is 0 Å². The van der Waals surface area contributed by atoms with E-state index in [1.165, 1.54) is 31.9 Å². The van der Waals surface area contributed by atoms with Crippen LogP contribution in [0.5, 0.6) is 11.5 Å². The lowest BCUT2D eigenvalue weighted by molar-refractivity contribution is 0.391. The second-order valence-corrected chi connectivity index (χ2v) is 10.6. The van der Waals surface area contributed by atoms with Crippen molar-refractivity contribution in [2.45, 2.75) is 26.0 Å². The molecule has 0 aliphatic rings. The van der Waals surface area contributed by atoms with Crippen LogP contribution in [0, 0.1) is 5.92 Å². The Hall–Kier alpha value is -3.77. The molecule has 0 unspecified atom stereocenters. The van der Waals surface area contributed by atoms with Crippen molar-refractivity contribution in [1.82, 2.24) is 19.7 Å². The molecule has 0 amide bonds. The number of sulfonamides is 1. The number of amidine groups is 1. The smallest absolute Gasteiger partial charge is 0.243 e. The second kappa shape index (κ2) is 12.0.